The van der Waals surface area contributed by atoms with Crippen LogP contribution in [0.5, 0.6) is 0 Å². The summed E-state index contributed by atoms with van der Waals surface area (Å²) in [7, 11) is 0. The zero-order chi connectivity index (χ0) is 12.9. The van der Waals surface area contributed by atoms with E-state index in [0.717, 1.165) is 5.56 Å². The number of rotatable bonds is 3. The SMILES string of the molecule is CC(C)(C)OC(=O)NCC(N)c1cncnc1. The molecule has 6 nitrogen and oxygen atoms in total. The van der Waals surface area contributed by atoms with E-state index in [1.165, 1.54) is 6.33 Å². The molecule has 0 aliphatic rings. The molecular weight excluding hydrogens is 220 g/mol. The minimum absolute atomic E-state index is 0.280. The number of nitrogens with two attached hydrogens (primary N) is 1. The standard InChI is InChI=1S/C11H18N4O2/c1-11(2,3)17-10(16)15-6-9(12)8-4-13-7-14-5-8/h4-5,7,9H,6,12H2,1-3H3,(H,15,16). The van der Waals surface area contributed by atoms with E-state index in [0.29, 0.717) is 0 Å². The van der Waals surface area contributed by atoms with Gasteiger partial charge in [-0.25, -0.2) is 14.8 Å². The normalized spacial score (nSPS) is 12.9. The quantitative estimate of drug-likeness (QED) is 0.819. The Labute approximate surface area is 101 Å². The predicted octanol–water partition coefficient (Wildman–Crippen LogP) is 1.00. The third-order valence-electron chi connectivity index (χ3n) is 1.87. The predicted molar refractivity (Wildman–Crippen MR) is 63.2 cm³/mol. The molecule has 0 aromatic carbocycles. The van der Waals surface area contributed by atoms with Crippen molar-refractivity contribution < 1.29 is 9.53 Å². The Morgan fingerprint density at radius 3 is 2.59 bits per heavy atom. The summed E-state index contributed by atoms with van der Waals surface area (Å²) >= 11 is 0. The fourth-order valence-electron chi connectivity index (χ4n) is 1.13. The van der Waals surface area contributed by atoms with Gasteiger partial charge in [0.25, 0.3) is 0 Å². The van der Waals surface area contributed by atoms with Crippen LogP contribution in [0.4, 0.5) is 4.79 Å². The van der Waals surface area contributed by atoms with Crippen molar-refractivity contribution in [2.75, 3.05) is 6.54 Å². The first-order valence-corrected chi connectivity index (χ1v) is 5.36. The van der Waals surface area contributed by atoms with Crippen LogP contribution in [0.25, 0.3) is 0 Å². The van der Waals surface area contributed by atoms with Crippen LogP contribution in [-0.4, -0.2) is 28.2 Å². The molecule has 0 saturated carbocycles. The lowest BCUT2D eigenvalue weighted by Gasteiger charge is -2.20. The van der Waals surface area contributed by atoms with Crippen molar-refractivity contribution in [3.63, 3.8) is 0 Å². The Morgan fingerprint density at radius 1 is 1.47 bits per heavy atom. The lowest BCUT2D eigenvalue weighted by atomic mass is 10.2. The van der Waals surface area contributed by atoms with Crippen molar-refractivity contribution >= 4 is 6.09 Å². The smallest absolute Gasteiger partial charge is 0.407 e. The second-order valence-electron chi connectivity index (χ2n) is 4.66. The van der Waals surface area contributed by atoms with Crippen molar-refractivity contribution in [2.24, 2.45) is 5.73 Å². The van der Waals surface area contributed by atoms with Gasteiger partial charge in [-0.2, -0.15) is 0 Å². The lowest BCUT2D eigenvalue weighted by Crippen LogP contribution is -2.36. The highest BCUT2D eigenvalue weighted by molar-refractivity contribution is 5.67. The van der Waals surface area contributed by atoms with Crippen molar-refractivity contribution in [1.82, 2.24) is 15.3 Å². The summed E-state index contributed by atoms with van der Waals surface area (Å²) in [6, 6.07) is -0.344. The van der Waals surface area contributed by atoms with Gasteiger partial charge in [-0.05, 0) is 20.8 Å². The topological polar surface area (TPSA) is 90.1 Å². The Hall–Kier alpha value is -1.69. The second-order valence-corrected chi connectivity index (χ2v) is 4.66. The molecule has 0 fully saturated rings. The van der Waals surface area contributed by atoms with Gasteiger partial charge in [-0.15, -0.1) is 0 Å². The number of ether oxygens (including phenoxy) is 1. The largest absolute Gasteiger partial charge is 0.444 e. The maximum Gasteiger partial charge on any atom is 0.407 e. The summed E-state index contributed by atoms with van der Waals surface area (Å²) in [5.41, 5.74) is 6.11. The number of hydrogen-bond donors (Lipinski definition) is 2. The molecule has 3 N–H and O–H groups in total. The molecule has 0 aliphatic carbocycles. The van der Waals surface area contributed by atoms with Crippen molar-refractivity contribution in [2.45, 2.75) is 32.4 Å². The summed E-state index contributed by atoms with van der Waals surface area (Å²) in [5.74, 6) is 0. The molecule has 0 aliphatic heterocycles. The van der Waals surface area contributed by atoms with Crippen LogP contribution in [-0.2, 0) is 4.74 Å². The highest BCUT2D eigenvalue weighted by Crippen LogP contribution is 2.08. The Balaban J connectivity index is 2.39. The number of hydrogen-bond acceptors (Lipinski definition) is 5. The average Bonchev–Trinajstić information content (AvgIpc) is 2.25. The summed E-state index contributed by atoms with van der Waals surface area (Å²) in [5, 5.41) is 2.60. The van der Waals surface area contributed by atoms with Gasteiger partial charge in [-0.1, -0.05) is 0 Å². The maximum atomic E-state index is 11.4. The first-order chi connectivity index (χ1) is 7.88. The molecule has 0 saturated heterocycles. The minimum Gasteiger partial charge on any atom is -0.444 e. The zero-order valence-electron chi connectivity index (χ0n) is 10.3. The monoisotopic (exact) mass is 238 g/mol. The van der Waals surface area contributed by atoms with Gasteiger partial charge >= 0.3 is 6.09 Å². The molecule has 1 aromatic heterocycles. The number of carbonyl (C=O) groups is 1. The van der Waals surface area contributed by atoms with E-state index in [1.54, 1.807) is 33.2 Å². The molecule has 0 bridgehead atoms. The van der Waals surface area contributed by atoms with Crippen LogP contribution in [0, 0.1) is 0 Å². The molecule has 1 heterocycles. The number of alkyl carbamates (subject to hydrolysis) is 1. The van der Waals surface area contributed by atoms with Crippen LogP contribution in [0.1, 0.15) is 32.4 Å². The van der Waals surface area contributed by atoms with Crippen LogP contribution in [0.3, 0.4) is 0 Å². The number of nitrogens with zero attached hydrogens (tertiary/aromatic N) is 2. The van der Waals surface area contributed by atoms with Gasteiger partial charge < -0.3 is 15.8 Å². The number of nitrogens with one attached hydrogen (secondary N) is 1. The van der Waals surface area contributed by atoms with Crippen molar-refractivity contribution in [3.05, 3.63) is 24.3 Å². The fraction of sp³-hybridized carbons (Fsp3) is 0.545. The van der Waals surface area contributed by atoms with E-state index < -0.39 is 11.7 Å². The minimum atomic E-state index is -0.510. The Morgan fingerprint density at radius 2 is 2.06 bits per heavy atom. The summed E-state index contributed by atoms with van der Waals surface area (Å²) < 4.78 is 5.09. The molecule has 1 amide bonds. The van der Waals surface area contributed by atoms with Crippen molar-refractivity contribution in [3.8, 4) is 0 Å². The Kier molecular flexibility index (Phi) is 4.39. The molecule has 1 unspecified atom stereocenters. The highest BCUT2D eigenvalue weighted by atomic mass is 16.6. The van der Waals surface area contributed by atoms with Crippen LogP contribution in [0.15, 0.2) is 18.7 Å². The maximum absolute atomic E-state index is 11.4. The van der Waals surface area contributed by atoms with Gasteiger partial charge in [0, 0.05) is 24.5 Å². The van der Waals surface area contributed by atoms with Crippen LogP contribution in [0.2, 0.25) is 0 Å². The average molecular weight is 238 g/mol. The van der Waals surface area contributed by atoms with Gasteiger partial charge in [0.05, 0.1) is 6.04 Å². The van der Waals surface area contributed by atoms with E-state index >= 15 is 0 Å². The third-order valence-corrected chi connectivity index (χ3v) is 1.87. The van der Waals surface area contributed by atoms with Gasteiger partial charge in [0.2, 0.25) is 0 Å². The van der Waals surface area contributed by atoms with E-state index in [-0.39, 0.29) is 12.6 Å². The molecule has 0 spiro atoms. The number of aromatic nitrogens is 2. The molecule has 17 heavy (non-hydrogen) atoms. The molecule has 0 radical (unpaired) electrons. The van der Waals surface area contributed by atoms with E-state index in [9.17, 15) is 4.79 Å². The summed E-state index contributed by atoms with van der Waals surface area (Å²) in [6.45, 7) is 5.69. The van der Waals surface area contributed by atoms with Crippen LogP contribution < -0.4 is 11.1 Å². The number of carbonyl (C=O) groups excluding carboxylic acids is 1. The van der Waals surface area contributed by atoms with Crippen molar-refractivity contribution in [1.29, 1.82) is 0 Å². The number of amides is 1. The lowest BCUT2D eigenvalue weighted by molar-refractivity contribution is 0.0524. The van der Waals surface area contributed by atoms with Gasteiger partial charge in [0.1, 0.15) is 11.9 Å². The molecule has 1 rings (SSSR count). The van der Waals surface area contributed by atoms with E-state index in [2.05, 4.69) is 15.3 Å². The summed E-state index contributed by atoms with van der Waals surface area (Å²) in [4.78, 5) is 19.1. The van der Waals surface area contributed by atoms with E-state index in [4.69, 9.17) is 10.5 Å². The molecule has 94 valence electrons. The summed E-state index contributed by atoms with van der Waals surface area (Å²) in [6.07, 6.45) is 4.19. The van der Waals surface area contributed by atoms with Crippen LogP contribution >= 0.6 is 0 Å². The fourth-order valence-corrected chi connectivity index (χ4v) is 1.13. The van der Waals surface area contributed by atoms with Gasteiger partial charge in [0.15, 0.2) is 0 Å². The first-order valence-electron chi connectivity index (χ1n) is 5.36. The molecule has 1 atom stereocenters. The van der Waals surface area contributed by atoms with E-state index in [1.807, 2.05) is 0 Å². The van der Waals surface area contributed by atoms with Gasteiger partial charge in [-0.3, -0.25) is 0 Å². The molecular formula is C11H18N4O2. The molecule has 1 aromatic rings. The second kappa shape index (κ2) is 5.58. The zero-order valence-corrected chi connectivity index (χ0v) is 10.3. The molecule has 6 heteroatoms. The first kappa shape index (κ1) is 13.4. The highest BCUT2D eigenvalue weighted by Gasteiger charge is 2.16. The third kappa shape index (κ3) is 5.26. The Bertz CT molecular complexity index is 361.